The maximum Gasteiger partial charge on any atom is 0.392 e. The fourth-order valence-electron chi connectivity index (χ4n) is 2.40. The third-order valence-corrected chi connectivity index (χ3v) is 3.27. The third-order valence-electron chi connectivity index (χ3n) is 3.27. The number of nitrogen functional groups attached to an aromatic ring is 2. The SMILES string of the molecule is Nc1nnc(C2CCCCC2C(F)(F)F)n1N. The number of anilines is 1. The predicted molar refractivity (Wildman–Crippen MR) is 55.3 cm³/mol. The first-order valence-electron chi connectivity index (χ1n) is 5.44. The maximum absolute atomic E-state index is 12.9. The van der Waals surface area contributed by atoms with Gasteiger partial charge in [-0.2, -0.15) is 13.2 Å². The lowest BCUT2D eigenvalue weighted by molar-refractivity contribution is -0.188. The summed E-state index contributed by atoms with van der Waals surface area (Å²) in [6.07, 6.45) is -2.38. The van der Waals surface area contributed by atoms with Gasteiger partial charge >= 0.3 is 6.18 Å². The smallest absolute Gasteiger partial charge is 0.366 e. The summed E-state index contributed by atoms with van der Waals surface area (Å²) in [4.78, 5) is 0. The van der Waals surface area contributed by atoms with Crippen LogP contribution in [0.25, 0.3) is 0 Å². The van der Waals surface area contributed by atoms with E-state index in [2.05, 4.69) is 10.2 Å². The van der Waals surface area contributed by atoms with E-state index in [9.17, 15) is 13.2 Å². The molecule has 0 spiro atoms. The molecule has 4 N–H and O–H groups in total. The number of hydrogen-bond acceptors (Lipinski definition) is 4. The summed E-state index contributed by atoms with van der Waals surface area (Å²) in [6, 6.07) is 0. The van der Waals surface area contributed by atoms with Crippen molar-refractivity contribution in [3.63, 3.8) is 0 Å². The average molecular weight is 249 g/mol. The molecule has 2 rings (SSSR count). The van der Waals surface area contributed by atoms with Gasteiger partial charge in [0.2, 0.25) is 5.95 Å². The van der Waals surface area contributed by atoms with Gasteiger partial charge in [-0.05, 0) is 12.8 Å². The van der Waals surface area contributed by atoms with Gasteiger partial charge in [0.15, 0.2) is 5.82 Å². The zero-order valence-electron chi connectivity index (χ0n) is 9.11. The highest BCUT2D eigenvalue weighted by molar-refractivity contribution is 5.20. The van der Waals surface area contributed by atoms with Crippen LogP contribution >= 0.6 is 0 Å². The molecule has 0 amide bonds. The number of alkyl halides is 3. The molecule has 1 saturated carbocycles. The van der Waals surface area contributed by atoms with Crippen LogP contribution in [-0.4, -0.2) is 21.0 Å². The Labute approximate surface area is 96.0 Å². The second kappa shape index (κ2) is 4.08. The van der Waals surface area contributed by atoms with Crippen LogP contribution in [0.2, 0.25) is 0 Å². The molecule has 2 unspecified atom stereocenters. The fourth-order valence-corrected chi connectivity index (χ4v) is 2.40. The van der Waals surface area contributed by atoms with Crippen molar-refractivity contribution in [3.8, 4) is 0 Å². The van der Waals surface area contributed by atoms with Crippen LogP contribution in [-0.2, 0) is 0 Å². The van der Waals surface area contributed by atoms with Gasteiger partial charge in [-0.25, -0.2) is 4.68 Å². The molecule has 1 heterocycles. The third kappa shape index (κ3) is 2.16. The van der Waals surface area contributed by atoms with Crippen molar-refractivity contribution in [1.82, 2.24) is 14.9 Å². The van der Waals surface area contributed by atoms with Gasteiger partial charge in [-0.15, -0.1) is 10.2 Å². The number of nitrogens with two attached hydrogens (primary N) is 2. The quantitative estimate of drug-likeness (QED) is 0.737. The standard InChI is InChI=1S/C9H14F3N5/c10-9(11,12)6-4-2-1-3-5(6)7-15-16-8(13)17(7)14/h5-6H,1-4,14H2,(H2,13,16). The molecule has 0 radical (unpaired) electrons. The van der Waals surface area contributed by atoms with Crippen molar-refractivity contribution in [1.29, 1.82) is 0 Å². The Balaban J connectivity index is 2.31. The number of rotatable bonds is 1. The van der Waals surface area contributed by atoms with Crippen LogP contribution in [0.5, 0.6) is 0 Å². The van der Waals surface area contributed by atoms with E-state index in [0.717, 1.165) is 11.1 Å². The largest absolute Gasteiger partial charge is 0.392 e. The van der Waals surface area contributed by atoms with Crippen molar-refractivity contribution >= 4 is 5.95 Å². The van der Waals surface area contributed by atoms with E-state index in [-0.39, 0.29) is 18.2 Å². The molecule has 0 aliphatic heterocycles. The summed E-state index contributed by atoms with van der Waals surface area (Å²) in [7, 11) is 0. The molecule has 8 heteroatoms. The van der Waals surface area contributed by atoms with Crippen molar-refractivity contribution in [2.24, 2.45) is 5.92 Å². The zero-order chi connectivity index (χ0) is 12.6. The second-order valence-corrected chi connectivity index (χ2v) is 4.33. The Bertz CT molecular complexity index is 400. The summed E-state index contributed by atoms with van der Waals surface area (Å²) in [6.45, 7) is 0. The lowest BCUT2D eigenvalue weighted by Gasteiger charge is -2.31. The monoisotopic (exact) mass is 249 g/mol. The topological polar surface area (TPSA) is 82.8 Å². The van der Waals surface area contributed by atoms with Gasteiger partial charge < -0.3 is 11.6 Å². The Morgan fingerprint density at radius 3 is 2.35 bits per heavy atom. The van der Waals surface area contributed by atoms with Crippen molar-refractivity contribution in [2.75, 3.05) is 11.6 Å². The molecule has 5 nitrogen and oxygen atoms in total. The summed E-state index contributed by atoms with van der Waals surface area (Å²) >= 11 is 0. The Kier molecular flexibility index (Phi) is 2.88. The van der Waals surface area contributed by atoms with E-state index in [1.165, 1.54) is 0 Å². The molecule has 0 bridgehead atoms. The molecule has 17 heavy (non-hydrogen) atoms. The van der Waals surface area contributed by atoms with Crippen LogP contribution in [0.3, 0.4) is 0 Å². The normalized spacial score (nSPS) is 26.1. The van der Waals surface area contributed by atoms with E-state index >= 15 is 0 Å². The molecule has 0 aromatic carbocycles. The summed E-state index contributed by atoms with van der Waals surface area (Å²) in [5, 5.41) is 7.17. The molecule has 0 saturated heterocycles. The number of nitrogens with zero attached hydrogens (tertiary/aromatic N) is 3. The predicted octanol–water partition coefficient (Wildman–Crippen LogP) is 1.41. The van der Waals surface area contributed by atoms with E-state index in [1.807, 2.05) is 0 Å². The molecule has 1 fully saturated rings. The van der Waals surface area contributed by atoms with Crippen LogP contribution in [0.4, 0.5) is 19.1 Å². The average Bonchev–Trinajstić information content (AvgIpc) is 2.59. The first-order chi connectivity index (χ1) is 7.91. The minimum absolute atomic E-state index is 0.0634. The van der Waals surface area contributed by atoms with Crippen LogP contribution < -0.4 is 11.6 Å². The fraction of sp³-hybridized carbons (Fsp3) is 0.778. The summed E-state index contributed by atoms with van der Waals surface area (Å²) in [5.74, 6) is 3.47. The van der Waals surface area contributed by atoms with E-state index < -0.39 is 18.0 Å². The highest BCUT2D eigenvalue weighted by Crippen LogP contribution is 2.45. The Hall–Kier alpha value is -1.47. The van der Waals surface area contributed by atoms with E-state index in [4.69, 9.17) is 11.6 Å². The van der Waals surface area contributed by atoms with Crippen molar-refractivity contribution in [3.05, 3.63) is 5.82 Å². The molecular formula is C9H14F3N5. The van der Waals surface area contributed by atoms with E-state index in [1.54, 1.807) is 0 Å². The van der Waals surface area contributed by atoms with Crippen LogP contribution in [0.1, 0.15) is 37.4 Å². The van der Waals surface area contributed by atoms with Gasteiger partial charge in [0.25, 0.3) is 0 Å². The summed E-state index contributed by atoms with van der Waals surface area (Å²) < 4.78 is 39.6. The van der Waals surface area contributed by atoms with Crippen molar-refractivity contribution < 1.29 is 13.2 Å². The van der Waals surface area contributed by atoms with E-state index in [0.29, 0.717) is 12.8 Å². The Morgan fingerprint density at radius 1 is 1.18 bits per heavy atom. The van der Waals surface area contributed by atoms with Gasteiger partial charge in [0.05, 0.1) is 5.92 Å². The number of aromatic nitrogens is 3. The van der Waals surface area contributed by atoms with Gasteiger partial charge in [-0.1, -0.05) is 12.8 Å². The Morgan fingerprint density at radius 2 is 1.82 bits per heavy atom. The number of halogens is 3. The van der Waals surface area contributed by atoms with Gasteiger partial charge in [0, 0.05) is 5.92 Å². The summed E-state index contributed by atoms with van der Waals surface area (Å²) in [5.41, 5.74) is 5.38. The molecule has 1 aromatic rings. The highest BCUT2D eigenvalue weighted by Gasteiger charge is 2.47. The molecule has 2 atom stereocenters. The van der Waals surface area contributed by atoms with Gasteiger partial charge in [0.1, 0.15) is 0 Å². The maximum atomic E-state index is 12.9. The molecular weight excluding hydrogens is 235 g/mol. The minimum atomic E-state index is -4.23. The minimum Gasteiger partial charge on any atom is -0.366 e. The molecule has 1 aromatic heterocycles. The zero-order valence-corrected chi connectivity index (χ0v) is 9.11. The van der Waals surface area contributed by atoms with Crippen molar-refractivity contribution in [2.45, 2.75) is 37.8 Å². The highest BCUT2D eigenvalue weighted by atomic mass is 19.4. The molecule has 1 aliphatic rings. The second-order valence-electron chi connectivity index (χ2n) is 4.33. The van der Waals surface area contributed by atoms with Gasteiger partial charge in [-0.3, -0.25) is 0 Å². The first kappa shape index (κ1) is 12.0. The molecule has 96 valence electrons. The lowest BCUT2D eigenvalue weighted by Crippen LogP contribution is -2.34. The number of hydrogen-bond donors (Lipinski definition) is 2. The van der Waals surface area contributed by atoms with Crippen LogP contribution in [0.15, 0.2) is 0 Å². The lowest BCUT2D eigenvalue weighted by atomic mass is 9.78. The first-order valence-corrected chi connectivity index (χ1v) is 5.44. The van der Waals surface area contributed by atoms with Crippen LogP contribution in [0, 0.1) is 5.92 Å². The molecule has 1 aliphatic carbocycles.